The van der Waals surface area contributed by atoms with Gasteiger partial charge >= 0.3 is 0 Å². The topological polar surface area (TPSA) is 59.8 Å². The van der Waals surface area contributed by atoms with Crippen molar-refractivity contribution < 1.29 is 9.18 Å². The van der Waals surface area contributed by atoms with E-state index in [1.807, 2.05) is 49.7 Å². The summed E-state index contributed by atoms with van der Waals surface area (Å²) in [4.78, 5) is 12.2. The Bertz CT molecular complexity index is 939. The average molecular weight is 384 g/mol. The van der Waals surface area contributed by atoms with Crippen molar-refractivity contribution in [3.8, 4) is 11.4 Å². The van der Waals surface area contributed by atoms with Crippen molar-refractivity contribution in [3.05, 3.63) is 65.5 Å². The van der Waals surface area contributed by atoms with E-state index < -0.39 is 0 Å². The molecule has 2 aromatic carbocycles. The molecule has 1 atom stereocenters. The molecule has 27 heavy (non-hydrogen) atoms. The van der Waals surface area contributed by atoms with Crippen molar-refractivity contribution in [2.45, 2.75) is 25.0 Å². The summed E-state index contributed by atoms with van der Waals surface area (Å²) in [6.45, 7) is 3.90. The molecule has 0 bridgehead atoms. The molecule has 5 nitrogen and oxygen atoms in total. The van der Waals surface area contributed by atoms with Gasteiger partial charge in [0.1, 0.15) is 5.82 Å². The monoisotopic (exact) mass is 384 g/mol. The van der Waals surface area contributed by atoms with Gasteiger partial charge in [0.15, 0.2) is 11.0 Å². The number of nitrogens with one attached hydrogen (secondary N) is 1. The van der Waals surface area contributed by atoms with Crippen LogP contribution in [0, 0.1) is 12.7 Å². The van der Waals surface area contributed by atoms with Gasteiger partial charge < -0.3 is 9.88 Å². The fraction of sp³-hybridized carbons (Fsp3) is 0.250. The van der Waals surface area contributed by atoms with Gasteiger partial charge in [0, 0.05) is 12.6 Å². The van der Waals surface area contributed by atoms with Gasteiger partial charge in [0.2, 0.25) is 5.91 Å². The van der Waals surface area contributed by atoms with Crippen LogP contribution in [-0.4, -0.2) is 26.4 Å². The summed E-state index contributed by atoms with van der Waals surface area (Å²) in [5.74, 6) is 0.596. The Balaban J connectivity index is 1.61. The second-order valence-corrected chi connectivity index (χ2v) is 7.25. The smallest absolute Gasteiger partial charge is 0.230 e. The van der Waals surface area contributed by atoms with Crippen molar-refractivity contribution in [3.63, 3.8) is 0 Å². The fourth-order valence-electron chi connectivity index (χ4n) is 2.75. The molecule has 1 aromatic heterocycles. The van der Waals surface area contributed by atoms with Crippen LogP contribution in [0.5, 0.6) is 0 Å². The van der Waals surface area contributed by atoms with Crippen molar-refractivity contribution in [2.75, 3.05) is 5.75 Å². The molecular formula is C20H21FN4OS. The number of carbonyl (C=O) groups excluding carboxylic acids is 1. The number of aromatic nitrogens is 3. The number of aryl methyl sites for hydroxylation is 1. The van der Waals surface area contributed by atoms with Gasteiger partial charge in [-0.3, -0.25) is 4.79 Å². The summed E-state index contributed by atoms with van der Waals surface area (Å²) in [5, 5.41) is 12.1. The predicted molar refractivity (Wildman–Crippen MR) is 105 cm³/mol. The first-order valence-electron chi connectivity index (χ1n) is 8.58. The van der Waals surface area contributed by atoms with E-state index in [2.05, 4.69) is 15.5 Å². The quantitative estimate of drug-likeness (QED) is 0.655. The maximum Gasteiger partial charge on any atom is 0.230 e. The van der Waals surface area contributed by atoms with E-state index in [0.717, 1.165) is 22.5 Å². The van der Waals surface area contributed by atoms with Crippen molar-refractivity contribution in [1.82, 2.24) is 20.1 Å². The molecule has 0 spiro atoms. The van der Waals surface area contributed by atoms with Crippen molar-refractivity contribution in [1.29, 1.82) is 0 Å². The van der Waals surface area contributed by atoms with E-state index in [1.54, 1.807) is 12.1 Å². The number of thioether (sulfide) groups is 1. The molecule has 0 saturated heterocycles. The molecule has 0 saturated carbocycles. The second-order valence-electron chi connectivity index (χ2n) is 6.31. The number of rotatable bonds is 6. The van der Waals surface area contributed by atoms with Crippen LogP contribution in [0.4, 0.5) is 4.39 Å². The Morgan fingerprint density at radius 3 is 2.59 bits per heavy atom. The molecule has 0 radical (unpaired) electrons. The van der Waals surface area contributed by atoms with Crippen LogP contribution in [0.3, 0.4) is 0 Å². The molecular weight excluding hydrogens is 363 g/mol. The van der Waals surface area contributed by atoms with Gasteiger partial charge in [0.05, 0.1) is 11.8 Å². The lowest BCUT2D eigenvalue weighted by Gasteiger charge is -2.14. The number of nitrogens with zero attached hydrogens (tertiary/aromatic N) is 3. The van der Waals surface area contributed by atoms with Gasteiger partial charge in [-0.1, -0.05) is 48.2 Å². The summed E-state index contributed by atoms with van der Waals surface area (Å²) in [6, 6.07) is 13.9. The lowest BCUT2D eigenvalue weighted by Crippen LogP contribution is -2.28. The van der Waals surface area contributed by atoms with Crippen LogP contribution in [0.15, 0.2) is 53.7 Å². The molecule has 1 N–H and O–H groups in total. The third-order valence-corrected chi connectivity index (χ3v) is 5.32. The van der Waals surface area contributed by atoms with Gasteiger partial charge in [-0.05, 0) is 37.1 Å². The normalized spacial score (nSPS) is 12.0. The zero-order valence-electron chi connectivity index (χ0n) is 15.4. The first kappa shape index (κ1) is 19.1. The highest BCUT2D eigenvalue weighted by molar-refractivity contribution is 7.99. The number of halogens is 1. The molecule has 3 aromatic rings. The van der Waals surface area contributed by atoms with E-state index in [9.17, 15) is 9.18 Å². The molecule has 0 aliphatic carbocycles. The zero-order chi connectivity index (χ0) is 19.4. The summed E-state index contributed by atoms with van der Waals surface area (Å²) < 4.78 is 14.9. The van der Waals surface area contributed by atoms with Crippen LogP contribution >= 0.6 is 11.8 Å². The van der Waals surface area contributed by atoms with Crippen molar-refractivity contribution >= 4 is 17.7 Å². The molecule has 140 valence electrons. The number of benzene rings is 2. The Morgan fingerprint density at radius 1 is 1.19 bits per heavy atom. The first-order valence-corrected chi connectivity index (χ1v) is 9.57. The average Bonchev–Trinajstić information content (AvgIpc) is 3.01. The van der Waals surface area contributed by atoms with Gasteiger partial charge in [-0.15, -0.1) is 10.2 Å². The van der Waals surface area contributed by atoms with E-state index in [4.69, 9.17) is 0 Å². The maximum atomic E-state index is 13.0. The van der Waals surface area contributed by atoms with Gasteiger partial charge in [0.25, 0.3) is 0 Å². The Kier molecular flexibility index (Phi) is 5.91. The lowest BCUT2D eigenvalue weighted by molar-refractivity contribution is -0.119. The molecule has 1 heterocycles. The highest BCUT2D eigenvalue weighted by atomic mass is 32.2. The number of hydrogen-bond acceptors (Lipinski definition) is 4. The van der Waals surface area contributed by atoms with E-state index in [1.165, 1.54) is 23.9 Å². The summed E-state index contributed by atoms with van der Waals surface area (Å²) in [7, 11) is 1.89. The van der Waals surface area contributed by atoms with E-state index in [0.29, 0.717) is 5.16 Å². The molecule has 1 unspecified atom stereocenters. The zero-order valence-corrected chi connectivity index (χ0v) is 16.3. The lowest BCUT2D eigenvalue weighted by atomic mass is 10.1. The first-order chi connectivity index (χ1) is 13.0. The minimum absolute atomic E-state index is 0.114. The van der Waals surface area contributed by atoms with Crippen LogP contribution in [0.25, 0.3) is 11.4 Å². The third-order valence-electron chi connectivity index (χ3n) is 4.30. The van der Waals surface area contributed by atoms with E-state index in [-0.39, 0.29) is 23.5 Å². The van der Waals surface area contributed by atoms with Gasteiger partial charge in [-0.2, -0.15) is 0 Å². The number of hydrogen-bond donors (Lipinski definition) is 1. The molecule has 7 heteroatoms. The van der Waals surface area contributed by atoms with Crippen LogP contribution < -0.4 is 5.32 Å². The van der Waals surface area contributed by atoms with Gasteiger partial charge in [-0.25, -0.2) is 4.39 Å². The summed E-state index contributed by atoms with van der Waals surface area (Å²) in [5.41, 5.74) is 3.00. The van der Waals surface area contributed by atoms with Crippen LogP contribution in [0.1, 0.15) is 24.1 Å². The number of amides is 1. The predicted octanol–water partition coefficient (Wildman–Crippen LogP) is 3.90. The molecule has 0 aliphatic heterocycles. The molecule has 3 rings (SSSR count). The van der Waals surface area contributed by atoms with Crippen LogP contribution in [0.2, 0.25) is 0 Å². The Hall–Kier alpha value is -2.67. The van der Waals surface area contributed by atoms with Crippen LogP contribution in [-0.2, 0) is 11.8 Å². The minimum Gasteiger partial charge on any atom is -0.349 e. The molecule has 0 aliphatic rings. The summed E-state index contributed by atoms with van der Waals surface area (Å²) >= 11 is 1.33. The minimum atomic E-state index is -0.292. The highest BCUT2D eigenvalue weighted by Gasteiger charge is 2.15. The summed E-state index contributed by atoms with van der Waals surface area (Å²) in [6.07, 6.45) is 0. The molecule has 0 fully saturated rings. The fourth-order valence-corrected chi connectivity index (χ4v) is 3.47. The third kappa shape index (κ3) is 4.54. The van der Waals surface area contributed by atoms with E-state index >= 15 is 0 Å². The van der Waals surface area contributed by atoms with Crippen molar-refractivity contribution in [2.24, 2.45) is 7.05 Å². The second kappa shape index (κ2) is 8.35. The standard InChI is InChI=1S/C20H21FN4OS/c1-13-6-4-5-7-17(13)19-23-24-20(25(19)3)27-12-18(26)22-14(2)15-8-10-16(21)11-9-15/h4-11,14H,12H2,1-3H3,(H,22,26). The maximum absolute atomic E-state index is 13.0. The largest absolute Gasteiger partial charge is 0.349 e. The highest BCUT2D eigenvalue weighted by Crippen LogP contribution is 2.25. The molecule has 1 amide bonds. The SMILES string of the molecule is Cc1ccccc1-c1nnc(SCC(=O)NC(C)c2ccc(F)cc2)n1C. The Labute approximate surface area is 162 Å². The number of carbonyl (C=O) groups is 1. The Morgan fingerprint density at radius 2 is 1.89 bits per heavy atom.